The zero-order chi connectivity index (χ0) is 11.4. The van der Waals surface area contributed by atoms with Gasteiger partial charge in [0.05, 0.1) is 0 Å². The Balaban J connectivity index is 2.23. The highest BCUT2D eigenvalue weighted by Gasteiger charge is 2.01. The van der Waals surface area contributed by atoms with Crippen LogP contribution < -0.4 is 11.1 Å². The summed E-state index contributed by atoms with van der Waals surface area (Å²) in [5, 5.41) is 3.91. The Hall–Kier alpha value is -1.58. The fourth-order valence-electron chi connectivity index (χ4n) is 1.39. The fraction of sp³-hybridized carbons (Fsp3) is 0.0833. The van der Waals surface area contributed by atoms with Crippen LogP contribution in [-0.4, -0.2) is 4.98 Å². The maximum atomic E-state index is 5.81. The van der Waals surface area contributed by atoms with E-state index in [0.717, 1.165) is 17.1 Å². The molecule has 0 amide bonds. The summed E-state index contributed by atoms with van der Waals surface area (Å²) in [4.78, 5) is 4.24. The highest BCUT2D eigenvalue weighted by molar-refractivity contribution is 6.30. The molecule has 2 rings (SSSR count). The first kappa shape index (κ1) is 10.9. The lowest BCUT2D eigenvalue weighted by Gasteiger charge is -2.09. The number of nitrogens with zero attached hydrogens (tertiary/aromatic N) is 1. The summed E-state index contributed by atoms with van der Waals surface area (Å²) in [5.41, 5.74) is 7.55. The van der Waals surface area contributed by atoms with Crippen molar-refractivity contribution in [3.63, 3.8) is 0 Å². The Morgan fingerprint density at radius 2 is 1.94 bits per heavy atom. The van der Waals surface area contributed by atoms with Crippen molar-refractivity contribution in [1.29, 1.82) is 0 Å². The van der Waals surface area contributed by atoms with Gasteiger partial charge >= 0.3 is 0 Å². The SMILES string of the molecule is NCc1cccnc1Nc1ccc(Cl)cc1. The molecule has 0 saturated heterocycles. The summed E-state index contributed by atoms with van der Waals surface area (Å²) in [6.07, 6.45) is 1.73. The molecule has 0 atom stereocenters. The van der Waals surface area contributed by atoms with E-state index in [2.05, 4.69) is 10.3 Å². The summed E-state index contributed by atoms with van der Waals surface area (Å²) in [6.45, 7) is 0.462. The number of anilines is 2. The van der Waals surface area contributed by atoms with E-state index in [1.165, 1.54) is 0 Å². The molecular weight excluding hydrogens is 222 g/mol. The molecule has 0 aliphatic heterocycles. The number of hydrogen-bond donors (Lipinski definition) is 2. The molecule has 0 unspecified atom stereocenters. The van der Waals surface area contributed by atoms with Crippen molar-refractivity contribution in [2.24, 2.45) is 5.73 Å². The number of halogens is 1. The summed E-state index contributed by atoms with van der Waals surface area (Å²) < 4.78 is 0. The molecule has 1 aromatic heterocycles. The molecule has 4 heteroatoms. The van der Waals surface area contributed by atoms with Crippen molar-refractivity contribution in [3.05, 3.63) is 53.2 Å². The number of aromatic nitrogens is 1. The van der Waals surface area contributed by atoms with Gasteiger partial charge in [-0.3, -0.25) is 0 Å². The third kappa shape index (κ3) is 2.51. The first-order valence-electron chi connectivity index (χ1n) is 4.96. The van der Waals surface area contributed by atoms with Gasteiger partial charge in [-0.25, -0.2) is 4.98 Å². The van der Waals surface area contributed by atoms with Crippen molar-refractivity contribution in [3.8, 4) is 0 Å². The number of pyridine rings is 1. The molecule has 2 aromatic rings. The minimum absolute atomic E-state index is 0.462. The summed E-state index contributed by atoms with van der Waals surface area (Å²) in [7, 11) is 0. The van der Waals surface area contributed by atoms with Crippen LogP contribution in [0.1, 0.15) is 5.56 Å². The highest BCUT2D eigenvalue weighted by atomic mass is 35.5. The van der Waals surface area contributed by atoms with E-state index in [1.807, 2.05) is 36.4 Å². The van der Waals surface area contributed by atoms with Crippen LogP contribution in [-0.2, 0) is 6.54 Å². The predicted octanol–water partition coefficient (Wildman–Crippen LogP) is 2.94. The zero-order valence-corrected chi connectivity index (χ0v) is 9.41. The number of benzene rings is 1. The summed E-state index contributed by atoms with van der Waals surface area (Å²) >= 11 is 5.81. The minimum atomic E-state index is 0.462. The molecule has 0 aliphatic carbocycles. The molecule has 82 valence electrons. The average molecular weight is 234 g/mol. The third-order valence-corrected chi connectivity index (χ3v) is 2.47. The Morgan fingerprint density at radius 3 is 2.62 bits per heavy atom. The van der Waals surface area contributed by atoms with Crippen LogP contribution >= 0.6 is 11.6 Å². The fourth-order valence-corrected chi connectivity index (χ4v) is 1.51. The van der Waals surface area contributed by atoms with Crippen molar-refractivity contribution in [2.75, 3.05) is 5.32 Å². The normalized spacial score (nSPS) is 10.1. The largest absolute Gasteiger partial charge is 0.340 e. The first-order chi connectivity index (χ1) is 7.79. The predicted molar refractivity (Wildman–Crippen MR) is 66.9 cm³/mol. The Bertz CT molecular complexity index is 468. The molecule has 16 heavy (non-hydrogen) atoms. The topological polar surface area (TPSA) is 50.9 Å². The minimum Gasteiger partial charge on any atom is -0.340 e. The lowest BCUT2D eigenvalue weighted by molar-refractivity contribution is 1.05. The van der Waals surface area contributed by atoms with Crippen LogP contribution in [0.2, 0.25) is 5.02 Å². The number of rotatable bonds is 3. The van der Waals surface area contributed by atoms with Gasteiger partial charge in [-0.1, -0.05) is 17.7 Å². The van der Waals surface area contributed by atoms with Gasteiger partial charge in [-0.15, -0.1) is 0 Å². The molecule has 1 heterocycles. The van der Waals surface area contributed by atoms with E-state index < -0.39 is 0 Å². The quantitative estimate of drug-likeness (QED) is 0.857. The molecule has 0 aliphatic rings. The molecule has 0 bridgehead atoms. The molecule has 0 saturated carbocycles. The molecule has 0 spiro atoms. The third-order valence-electron chi connectivity index (χ3n) is 2.22. The monoisotopic (exact) mass is 233 g/mol. The second kappa shape index (κ2) is 4.96. The average Bonchev–Trinajstić information content (AvgIpc) is 2.33. The van der Waals surface area contributed by atoms with Crippen LogP contribution in [0.5, 0.6) is 0 Å². The number of hydrogen-bond acceptors (Lipinski definition) is 3. The van der Waals surface area contributed by atoms with Gasteiger partial charge in [0.2, 0.25) is 0 Å². The Morgan fingerprint density at radius 1 is 1.19 bits per heavy atom. The van der Waals surface area contributed by atoms with Crippen LogP contribution in [0.4, 0.5) is 11.5 Å². The standard InChI is InChI=1S/C12H12ClN3/c13-10-3-5-11(6-4-10)16-12-9(8-14)2-1-7-15-12/h1-7H,8,14H2,(H,15,16). The molecule has 0 radical (unpaired) electrons. The van der Waals surface area contributed by atoms with E-state index in [9.17, 15) is 0 Å². The van der Waals surface area contributed by atoms with E-state index >= 15 is 0 Å². The Labute approximate surface area is 99.3 Å². The highest BCUT2D eigenvalue weighted by Crippen LogP contribution is 2.19. The smallest absolute Gasteiger partial charge is 0.134 e. The van der Waals surface area contributed by atoms with E-state index in [-0.39, 0.29) is 0 Å². The van der Waals surface area contributed by atoms with Crippen LogP contribution in [0.15, 0.2) is 42.6 Å². The van der Waals surface area contributed by atoms with Crippen LogP contribution in [0.3, 0.4) is 0 Å². The number of nitrogens with two attached hydrogens (primary N) is 1. The Kier molecular flexibility index (Phi) is 3.39. The van der Waals surface area contributed by atoms with Crippen LogP contribution in [0, 0.1) is 0 Å². The molecule has 1 aromatic carbocycles. The molecule has 3 nitrogen and oxygen atoms in total. The molecular formula is C12H12ClN3. The maximum Gasteiger partial charge on any atom is 0.134 e. The van der Waals surface area contributed by atoms with E-state index in [0.29, 0.717) is 11.6 Å². The van der Waals surface area contributed by atoms with Gasteiger partial charge in [0, 0.05) is 29.0 Å². The van der Waals surface area contributed by atoms with Gasteiger partial charge < -0.3 is 11.1 Å². The lowest BCUT2D eigenvalue weighted by atomic mass is 10.2. The van der Waals surface area contributed by atoms with Gasteiger partial charge in [0.15, 0.2) is 0 Å². The van der Waals surface area contributed by atoms with E-state index in [1.54, 1.807) is 6.20 Å². The van der Waals surface area contributed by atoms with Gasteiger partial charge in [0.1, 0.15) is 5.82 Å². The van der Waals surface area contributed by atoms with Crippen molar-refractivity contribution < 1.29 is 0 Å². The first-order valence-corrected chi connectivity index (χ1v) is 5.34. The van der Waals surface area contributed by atoms with Crippen LogP contribution in [0.25, 0.3) is 0 Å². The van der Waals surface area contributed by atoms with Crippen molar-refractivity contribution in [2.45, 2.75) is 6.54 Å². The number of nitrogens with one attached hydrogen (secondary N) is 1. The van der Waals surface area contributed by atoms with Gasteiger partial charge in [0.25, 0.3) is 0 Å². The van der Waals surface area contributed by atoms with Gasteiger partial charge in [-0.2, -0.15) is 0 Å². The zero-order valence-electron chi connectivity index (χ0n) is 8.65. The summed E-state index contributed by atoms with van der Waals surface area (Å²) in [6, 6.07) is 11.3. The second-order valence-electron chi connectivity index (χ2n) is 3.35. The summed E-state index contributed by atoms with van der Waals surface area (Å²) in [5.74, 6) is 0.785. The lowest BCUT2D eigenvalue weighted by Crippen LogP contribution is -2.03. The van der Waals surface area contributed by atoms with Crippen molar-refractivity contribution >= 4 is 23.1 Å². The van der Waals surface area contributed by atoms with E-state index in [4.69, 9.17) is 17.3 Å². The molecule has 3 N–H and O–H groups in total. The molecule has 0 fully saturated rings. The van der Waals surface area contributed by atoms with Gasteiger partial charge in [-0.05, 0) is 30.3 Å². The second-order valence-corrected chi connectivity index (χ2v) is 3.78. The maximum absolute atomic E-state index is 5.81. The van der Waals surface area contributed by atoms with Crippen molar-refractivity contribution in [1.82, 2.24) is 4.98 Å².